The van der Waals surface area contributed by atoms with E-state index in [4.69, 9.17) is 4.74 Å². The van der Waals surface area contributed by atoms with Crippen LogP contribution in [-0.4, -0.2) is 48.7 Å². The number of rotatable bonds is 6. The standard InChI is InChI=1S/C22H28N2O3/c1-17(25)24(19-6-4-3-5-7-19)20-11-14-23(15-12-20)13-10-18-8-9-21(26)22(16-18)27-2/h3-9,16,20,26H,10-15H2,1-2H3. The number of ether oxygens (including phenoxy) is 1. The number of aromatic hydroxyl groups is 1. The SMILES string of the molecule is COc1cc(CCN2CCC(N(C(C)=O)c3ccccc3)CC2)ccc1O. The summed E-state index contributed by atoms with van der Waals surface area (Å²) in [6.07, 6.45) is 2.87. The number of carbonyl (C=O) groups excluding carboxylic acids is 1. The van der Waals surface area contributed by atoms with Crippen LogP contribution in [0.1, 0.15) is 25.3 Å². The molecule has 1 aliphatic heterocycles. The first-order valence-electron chi connectivity index (χ1n) is 9.51. The number of methoxy groups -OCH3 is 1. The normalized spacial score (nSPS) is 15.5. The third-order valence-electron chi connectivity index (χ3n) is 5.26. The summed E-state index contributed by atoms with van der Waals surface area (Å²) in [5.74, 6) is 0.800. The lowest BCUT2D eigenvalue weighted by Gasteiger charge is -2.38. The summed E-state index contributed by atoms with van der Waals surface area (Å²) in [7, 11) is 1.57. The van der Waals surface area contributed by atoms with Gasteiger partial charge < -0.3 is 19.6 Å². The molecule has 5 nitrogen and oxygen atoms in total. The van der Waals surface area contributed by atoms with Gasteiger partial charge in [0, 0.05) is 38.3 Å². The Morgan fingerprint density at radius 3 is 2.52 bits per heavy atom. The highest BCUT2D eigenvalue weighted by Gasteiger charge is 2.27. The van der Waals surface area contributed by atoms with Crippen molar-refractivity contribution in [2.24, 2.45) is 0 Å². The molecule has 1 amide bonds. The van der Waals surface area contributed by atoms with Gasteiger partial charge in [-0.15, -0.1) is 0 Å². The van der Waals surface area contributed by atoms with Gasteiger partial charge >= 0.3 is 0 Å². The van der Waals surface area contributed by atoms with Crippen molar-refractivity contribution in [2.75, 3.05) is 31.6 Å². The fourth-order valence-corrected chi connectivity index (χ4v) is 3.80. The summed E-state index contributed by atoms with van der Waals surface area (Å²) in [5.41, 5.74) is 2.14. The number of phenolic OH excluding ortho intramolecular Hbond substituents is 1. The summed E-state index contributed by atoms with van der Waals surface area (Å²) >= 11 is 0. The smallest absolute Gasteiger partial charge is 0.224 e. The highest BCUT2D eigenvalue weighted by atomic mass is 16.5. The van der Waals surface area contributed by atoms with E-state index in [-0.39, 0.29) is 17.7 Å². The molecule has 0 unspecified atom stereocenters. The molecule has 0 aromatic heterocycles. The second-order valence-electron chi connectivity index (χ2n) is 7.05. The number of carbonyl (C=O) groups is 1. The topological polar surface area (TPSA) is 53.0 Å². The molecular formula is C22H28N2O3. The number of para-hydroxylation sites is 1. The molecule has 2 aromatic carbocycles. The lowest BCUT2D eigenvalue weighted by atomic mass is 10.0. The van der Waals surface area contributed by atoms with E-state index < -0.39 is 0 Å². The number of piperidine rings is 1. The number of nitrogens with zero attached hydrogens (tertiary/aromatic N) is 2. The van der Waals surface area contributed by atoms with Gasteiger partial charge in [-0.2, -0.15) is 0 Å². The molecule has 144 valence electrons. The Hall–Kier alpha value is -2.53. The molecule has 0 radical (unpaired) electrons. The Balaban J connectivity index is 1.54. The fourth-order valence-electron chi connectivity index (χ4n) is 3.80. The summed E-state index contributed by atoms with van der Waals surface area (Å²) < 4.78 is 5.18. The van der Waals surface area contributed by atoms with E-state index in [1.54, 1.807) is 20.1 Å². The van der Waals surface area contributed by atoms with Crippen molar-refractivity contribution in [2.45, 2.75) is 32.2 Å². The predicted octanol–water partition coefficient (Wildman–Crippen LogP) is 3.46. The van der Waals surface area contributed by atoms with Crippen molar-refractivity contribution in [1.82, 2.24) is 4.90 Å². The maximum atomic E-state index is 12.2. The van der Waals surface area contributed by atoms with Gasteiger partial charge in [0.2, 0.25) is 5.91 Å². The first kappa shape index (κ1) is 19.2. The Labute approximate surface area is 161 Å². The molecule has 1 saturated heterocycles. The van der Waals surface area contributed by atoms with Crippen LogP contribution in [-0.2, 0) is 11.2 Å². The van der Waals surface area contributed by atoms with Crippen molar-refractivity contribution in [3.05, 3.63) is 54.1 Å². The Morgan fingerprint density at radius 1 is 1.19 bits per heavy atom. The van der Waals surface area contributed by atoms with Gasteiger partial charge in [0.1, 0.15) is 0 Å². The van der Waals surface area contributed by atoms with E-state index >= 15 is 0 Å². The molecule has 1 aliphatic rings. The summed E-state index contributed by atoms with van der Waals surface area (Å²) in [6.45, 7) is 4.58. The molecule has 1 heterocycles. The minimum Gasteiger partial charge on any atom is -0.504 e. The first-order valence-corrected chi connectivity index (χ1v) is 9.51. The van der Waals surface area contributed by atoms with Crippen LogP contribution in [0.5, 0.6) is 11.5 Å². The average Bonchev–Trinajstić information content (AvgIpc) is 2.69. The molecule has 1 N–H and O–H groups in total. The highest BCUT2D eigenvalue weighted by molar-refractivity contribution is 5.92. The lowest BCUT2D eigenvalue weighted by molar-refractivity contribution is -0.117. The van der Waals surface area contributed by atoms with Crippen LogP contribution in [0, 0.1) is 0 Å². The number of anilines is 1. The number of hydrogen-bond donors (Lipinski definition) is 1. The number of amides is 1. The summed E-state index contributed by atoms with van der Waals surface area (Å²) in [5, 5.41) is 9.70. The molecule has 3 rings (SSSR count). The van der Waals surface area contributed by atoms with Gasteiger partial charge in [-0.25, -0.2) is 0 Å². The second-order valence-corrected chi connectivity index (χ2v) is 7.05. The van der Waals surface area contributed by atoms with E-state index in [9.17, 15) is 9.90 Å². The molecule has 0 aliphatic carbocycles. The quantitative estimate of drug-likeness (QED) is 0.848. The van der Waals surface area contributed by atoms with E-state index in [1.807, 2.05) is 47.4 Å². The van der Waals surface area contributed by atoms with Gasteiger partial charge in [0.25, 0.3) is 0 Å². The largest absolute Gasteiger partial charge is 0.504 e. The summed E-state index contributed by atoms with van der Waals surface area (Å²) in [4.78, 5) is 16.6. The number of likely N-dealkylation sites (tertiary alicyclic amines) is 1. The van der Waals surface area contributed by atoms with Crippen LogP contribution < -0.4 is 9.64 Å². The molecule has 0 saturated carbocycles. The Kier molecular flexibility index (Phi) is 6.35. The van der Waals surface area contributed by atoms with Crippen LogP contribution in [0.2, 0.25) is 0 Å². The second kappa shape index (κ2) is 8.91. The third-order valence-corrected chi connectivity index (χ3v) is 5.26. The predicted molar refractivity (Wildman–Crippen MR) is 107 cm³/mol. The monoisotopic (exact) mass is 368 g/mol. The maximum absolute atomic E-state index is 12.2. The molecule has 27 heavy (non-hydrogen) atoms. The number of benzene rings is 2. The average molecular weight is 368 g/mol. The van der Waals surface area contributed by atoms with Crippen LogP contribution in [0.15, 0.2) is 48.5 Å². The molecule has 0 bridgehead atoms. The van der Waals surface area contributed by atoms with Crippen LogP contribution in [0.25, 0.3) is 0 Å². The third kappa shape index (κ3) is 4.80. The van der Waals surface area contributed by atoms with E-state index in [1.165, 1.54) is 0 Å². The number of phenols is 1. The van der Waals surface area contributed by atoms with Crippen molar-refractivity contribution < 1.29 is 14.6 Å². The van der Waals surface area contributed by atoms with Crippen LogP contribution >= 0.6 is 0 Å². The zero-order valence-electron chi connectivity index (χ0n) is 16.1. The fraction of sp³-hybridized carbons (Fsp3) is 0.409. The van der Waals surface area contributed by atoms with E-state index in [0.29, 0.717) is 5.75 Å². The molecule has 0 atom stereocenters. The van der Waals surface area contributed by atoms with E-state index in [0.717, 1.165) is 50.1 Å². The van der Waals surface area contributed by atoms with Gasteiger partial charge in [0.15, 0.2) is 11.5 Å². The minimum atomic E-state index is 0.107. The molecular weight excluding hydrogens is 340 g/mol. The first-order chi connectivity index (χ1) is 13.1. The Morgan fingerprint density at radius 2 is 1.89 bits per heavy atom. The van der Waals surface area contributed by atoms with Gasteiger partial charge in [-0.1, -0.05) is 24.3 Å². The van der Waals surface area contributed by atoms with Crippen molar-refractivity contribution in [3.8, 4) is 11.5 Å². The zero-order valence-corrected chi connectivity index (χ0v) is 16.1. The zero-order chi connectivity index (χ0) is 19.2. The van der Waals surface area contributed by atoms with Crippen molar-refractivity contribution >= 4 is 11.6 Å². The van der Waals surface area contributed by atoms with Gasteiger partial charge in [-0.05, 0) is 49.1 Å². The number of hydrogen-bond acceptors (Lipinski definition) is 4. The van der Waals surface area contributed by atoms with Gasteiger partial charge in [-0.3, -0.25) is 4.79 Å². The molecule has 5 heteroatoms. The van der Waals surface area contributed by atoms with Crippen LogP contribution in [0.4, 0.5) is 5.69 Å². The van der Waals surface area contributed by atoms with Crippen LogP contribution in [0.3, 0.4) is 0 Å². The minimum absolute atomic E-state index is 0.107. The van der Waals surface area contributed by atoms with Gasteiger partial charge in [0.05, 0.1) is 7.11 Å². The molecule has 1 fully saturated rings. The van der Waals surface area contributed by atoms with Crippen molar-refractivity contribution in [1.29, 1.82) is 0 Å². The van der Waals surface area contributed by atoms with E-state index in [2.05, 4.69) is 4.90 Å². The Bertz CT molecular complexity index is 755. The maximum Gasteiger partial charge on any atom is 0.224 e. The highest BCUT2D eigenvalue weighted by Crippen LogP contribution is 2.27. The summed E-state index contributed by atoms with van der Waals surface area (Å²) in [6, 6.07) is 15.7. The molecule has 0 spiro atoms. The van der Waals surface area contributed by atoms with Crippen molar-refractivity contribution in [3.63, 3.8) is 0 Å². The molecule has 2 aromatic rings. The lowest BCUT2D eigenvalue weighted by Crippen LogP contribution is -2.47.